The molecule has 1 aliphatic heterocycles. The lowest BCUT2D eigenvalue weighted by Gasteiger charge is -2.28. The molecule has 1 unspecified atom stereocenters. The molecule has 1 aliphatic rings. The molecule has 1 atom stereocenters. The molecule has 128 valence electrons. The first-order chi connectivity index (χ1) is 10.9. The Kier molecular flexibility index (Phi) is 6.26. The van der Waals surface area contributed by atoms with Crippen molar-refractivity contribution in [3.63, 3.8) is 0 Å². The van der Waals surface area contributed by atoms with Crippen LogP contribution in [-0.2, 0) is 21.1 Å². The van der Waals surface area contributed by atoms with Gasteiger partial charge in [0.05, 0.1) is 18.1 Å². The molecule has 1 heterocycles. The average molecular weight is 361 g/mol. The third-order valence-corrected chi connectivity index (χ3v) is 5.95. The molecular weight excluding hydrogens is 340 g/mol. The Morgan fingerprint density at radius 3 is 2.78 bits per heavy atom. The molecule has 2 amide bonds. The number of amides is 2. The minimum atomic E-state index is -3.06. The first-order valence-electron chi connectivity index (χ1n) is 7.40. The largest absolute Gasteiger partial charge is 0.383 e. The fraction of sp³-hybridized carbons (Fsp3) is 0.533. The summed E-state index contributed by atoms with van der Waals surface area (Å²) in [5, 5.41) is 3.39. The summed E-state index contributed by atoms with van der Waals surface area (Å²) in [4.78, 5) is 14.0. The van der Waals surface area contributed by atoms with E-state index < -0.39 is 9.84 Å². The maximum atomic E-state index is 12.5. The fourth-order valence-corrected chi connectivity index (χ4v) is 4.51. The van der Waals surface area contributed by atoms with Crippen LogP contribution in [-0.4, -0.2) is 57.2 Å². The Morgan fingerprint density at radius 2 is 2.17 bits per heavy atom. The molecule has 0 aliphatic carbocycles. The molecule has 1 fully saturated rings. The second-order valence-electron chi connectivity index (χ2n) is 5.49. The predicted molar refractivity (Wildman–Crippen MR) is 89.3 cm³/mol. The van der Waals surface area contributed by atoms with E-state index in [1.807, 2.05) is 18.2 Å². The van der Waals surface area contributed by atoms with Crippen LogP contribution in [0.3, 0.4) is 0 Å². The third-order valence-electron chi connectivity index (χ3n) is 3.83. The van der Waals surface area contributed by atoms with E-state index in [9.17, 15) is 13.2 Å². The molecule has 0 aromatic heterocycles. The first-order valence-corrected chi connectivity index (χ1v) is 9.60. The molecule has 2 rings (SSSR count). The molecule has 1 saturated heterocycles. The van der Waals surface area contributed by atoms with Crippen molar-refractivity contribution in [1.82, 2.24) is 10.2 Å². The molecule has 6 nitrogen and oxygen atoms in total. The Labute approximate surface area is 141 Å². The number of rotatable bonds is 6. The number of halogens is 1. The standard InChI is InChI=1S/C15H21ClN2O4S/c1-22-8-7-18(13-6-9-23(20,21)11-13)15(19)17-10-12-4-2-3-5-14(12)16/h2-5,13H,6-11H2,1H3,(H,17,19). The van der Waals surface area contributed by atoms with Crippen molar-refractivity contribution in [2.24, 2.45) is 0 Å². The molecular formula is C15H21ClN2O4S. The van der Waals surface area contributed by atoms with Gasteiger partial charge in [0, 0.05) is 31.3 Å². The summed E-state index contributed by atoms with van der Waals surface area (Å²) in [6.07, 6.45) is 0.464. The van der Waals surface area contributed by atoms with Gasteiger partial charge in [-0.2, -0.15) is 0 Å². The molecule has 0 spiro atoms. The zero-order chi connectivity index (χ0) is 16.9. The highest BCUT2D eigenvalue weighted by Crippen LogP contribution is 2.18. The summed E-state index contributed by atoms with van der Waals surface area (Å²) in [6, 6.07) is 6.66. The summed E-state index contributed by atoms with van der Waals surface area (Å²) in [7, 11) is -1.51. The van der Waals surface area contributed by atoms with Gasteiger partial charge in [0.15, 0.2) is 9.84 Å². The van der Waals surface area contributed by atoms with E-state index in [-0.39, 0.29) is 23.6 Å². The average Bonchev–Trinajstić information content (AvgIpc) is 2.87. The van der Waals surface area contributed by atoms with Crippen molar-refractivity contribution in [2.45, 2.75) is 19.0 Å². The molecule has 0 radical (unpaired) electrons. The number of carbonyl (C=O) groups excluding carboxylic acids is 1. The molecule has 1 aromatic rings. The van der Waals surface area contributed by atoms with Gasteiger partial charge in [0.1, 0.15) is 0 Å². The van der Waals surface area contributed by atoms with Crippen LogP contribution in [0, 0.1) is 0 Å². The van der Waals surface area contributed by atoms with Crippen molar-refractivity contribution < 1.29 is 17.9 Å². The lowest BCUT2D eigenvalue weighted by atomic mass is 10.2. The van der Waals surface area contributed by atoms with Crippen LogP contribution in [0.15, 0.2) is 24.3 Å². The van der Waals surface area contributed by atoms with Crippen LogP contribution < -0.4 is 5.32 Å². The van der Waals surface area contributed by atoms with Gasteiger partial charge in [-0.15, -0.1) is 0 Å². The van der Waals surface area contributed by atoms with E-state index in [0.29, 0.717) is 31.1 Å². The molecule has 1 aromatic carbocycles. The van der Waals surface area contributed by atoms with Crippen molar-refractivity contribution in [2.75, 3.05) is 31.8 Å². The Balaban J connectivity index is 2.00. The Morgan fingerprint density at radius 1 is 1.43 bits per heavy atom. The Bertz CT molecular complexity index is 651. The van der Waals surface area contributed by atoms with E-state index in [4.69, 9.17) is 16.3 Å². The number of nitrogens with one attached hydrogen (secondary N) is 1. The molecule has 0 saturated carbocycles. The molecule has 8 heteroatoms. The van der Waals surface area contributed by atoms with Crippen molar-refractivity contribution in [1.29, 1.82) is 0 Å². The van der Waals surface area contributed by atoms with E-state index in [1.165, 1.54) is 0 Å². The van der Waals surface area contributed by atoms with Gasteiger partial charge in [0.2, 0.25) is 0 Å². The summed E-state index contributed by atoms with van der Waals surface area (Å²) in [5.41, 5.74) is 0.813. The summed E-state index contributed by atoms with van der Waals surface area (Å²) >= 11 is 6.07. The van der Waals surface area contributed by atoms with Gasteiger partial charge in [-0.1, -0.05) is 29.8 Å². The van der Waals surface area contributed by atoms with Crippen LogP contribution >= 0.6 is 11.6 Å². The topological polar surface area (TPSA) is 75.7 Å². The van der Waals surface area contributed by atoms with Gasteiger partial charge < -0.3 is 15.0 Å². The number of benzene rings is 1. The highest BCUT2D eigenvalue weighted by molar-refractivity contribution is 7.91. The number of sulfone groups is 1. The van der Waals surface area contributed by atoms with Crippen LogP contribution in [0.4, 0.5) is 4.79 Å². The number of methoxy groups -OCH3 is 1. The number of carbonyl (C=O) groups is 1. The number of hydrogen-bond acceptors (Lipinski definition) is 4. The van der Waals surface area contributed by atoms with Gasteiger partial charge in [-0.25, -0.2) is 13.2 Å². The minimum Gasteiger partial charge on any atom is -0.383 e. The predicted octanol–water partition coefficient (Wildman–Crippen LogP) is 1.69. The lowest BCUT2D eigenvalue weighted by molar-refractivity contribution is 0.133. The molecule has 23 heavy (non-hydrogen) atoms. The van der Waals surface area contributed by atoms with E-state index in [1.54, 1.807) is 18.1 Å². The van der Waals surface area contributed by atoms with Crippen molar-refractivity contribution >= 4 is 27.5 Å². The maximum absolute atomic E-state index is 12.5. The Hall–Kier alpha value is -1.31. The van der Waals surface area contributed by atoms with Crippen LogP contribution in [0.1, 0.15) is 12.0 Å². The van der Waals surface area contributed by atoms with Gasteiger partial charge >= 0.3 is 6.03 Å². The normalized spacial score (nSPS) is 19.5. The van der Waals surface area contributed by atoms with Crippen LogP contribution in [0.2, 0.25) is 5.02 Å². The molecule has 1 N–H and O–H groups in total. The van der Waals surface area contributed by atoms with Crippen molar-refractivity contribution in [3.8, 4) is 0 Å². The van der Waals surface area contributed by atoms with E-state index >= 15 is 0 Å². The third kappa shape index (κ3) is 5.09. The highest BCUT2D eigenvalue weighted by Gasteiger charge is 2.34. The number of hydrogen-bond donors (Lipinski definition) is 1. The van der Waals surface area contributed by atoms with Gasteiger partial charge in [0.25, 0.3) is 0 Å². The second-order valence-corrected chi connectivity index (χ2v) is 8.13. The summed E-state index contributed by atoms with van der Waals surface area (Å²) in [6.45, 7) is 1.00. The highest BCUT2D eigenvalue weighted by atomic mass is 35.5. The maximum Gasteiger partial charge on any atom is 0.318 e. The number of ether oxygens (including phenoxy) is 1. The van der Waals surface area contributed by atoms with Crippen molar-refractivity contribution in [3.05, 3.63) is 34.9 Å². The zero-order valence-electron chi connectivity index (χ0n) is 13.0. The minimum absolute atomic E-state index is 0.0101. The number of urea groups is 1. The second kappa shape index (κ2) is 7.99. The van der Waals surface area contributed by atoms with Gasteiger partial charge in [-0.3, -0.25) is 0 Å². The molecule has 0 bridgehead atoms. The summed E-state index contributed by atoms with van der Waals surface area (Å²) < 4.78 is 28.3. The van der Waals surface area contributed by atoms with E-state index in [2.05, 4.69) is 5.32 Å². The monoisotopic (exact) mass is 360 g/mol. The quantitative estimate of drug-likeness (QED) is 0.837. The van der Waals surface area contributed by atoms with Gasteiger partial charge in [-0.05, 0) is 18.1 Å². The number of nitrogens with zero attached hydrogens (tertiary/aromatic N) is 1. The van der Waals surface area contributed by atoms with Crippen LogP contribution in [0.5, 0.6) is 0 Å². The first kappa shape index (κ1) is 18.0. The van der Waals surface area contributed by atoms with E-state index in [0.717, 1.165) is 5.56 Å². The SMILES string of the molecule is COCCN(C(=O)NCc1ccccc1Cl)C1CCS(=O)(=O)C1. The fourth-order valence-electron chi connectivity index (χ4n) is 2.57. The van der Waals surface area contributed by atoms with Crippen LogP contribution in [0.25, 0.3) is 0 Å². The lowest BCUT2D eigenvalue weighted by Crippen LogP contribution is -2.48. The zero-order valence-corrected chi connectivity index (χ0v) is 14.6. The summed E-state index contributed by atoms with van der Waals surface area (Å²) in [5.74, 6) is 0.134. The smallest absolute Gasteiger partial charge is 0.318 e.